The molecule has 3 aromatic rings. The Bertz CT molecular complexity index is 1210. The van der Waals surface area contributed by atoms with Gasteiger partial charge < -0.3 is 4.74 Å². The Morgan fingerprint density at radius 3 is 2.50 bits per heavy atom. The van der Waals surface area contributed by atoms with E-state index in [-0.39, 0.29) is 16.3 Å². The lowest BCUT2D eigenvalue weighted by molar-refractivity contribution is -0.386. The molecule has 9 nitrogen and oxygen atoms in total. The first-order chi connectivity index (χ1) is 15.4. The van der Waals surface area contributed by atoms with Gasteiger partial charge in [-0.2, -0.15) is 4.31 Å². The second kappa shape index (κ2) is 9.33. The molecule has 0 bridgehead atoms. The molecule has 0 radical (unpaired) electrons. The standard InChI is InChI=1S/C21H22N4O5S2/c1-30-20-8-7-18(13-19(20)25(26)27)32(28,29)24-11-9-23(10-12-24)14-17-15-31-21(22-17)16-5-3-2-4-6-16/h2-8,13,15H,9-12,14H2,1H3. The normalized spacial score (nSPS) is 15.5. The van der Waals surface area contributed by atoms with Crippen LogP contribution in [0.2, 0.25) is 0 Å². The monoisotopic (exact) mass is 474 g/mol. The highest BCUT2D eigenvalue weighted by molar-refractivity contribution is 7.89. The third kappa shape index (κ3) is 4.65. The van der Waals surface area contributed by atoms with E-state index in [0.717, 1.165) is 22.3 Å². The van der Waals surface area contributed by atoms with Crippen LogP contribution in [0.15, 0.2) is 58.8 Å². The first-order valence-electron chi connectivity index (χ1n) is 9.93. The number of nitrogens with zero attached hydrogens (tertiary/aromatic N) is 4. The molecule has 0 saturated carbocycles. The number of nitro groups is 1. The van der Waals surface area contributed by atoms with Gasteiger partial charge in [0.15, 0.2) is 5.75 Å². The molecule has 4 rings (SSSR count). The van der Waals surface area contributed by atoms with Gasteiger partial charge in [0.05, 0.1) is 22.6 Å². The van der Waals surface area contributed by atoms with Crippen LogP contribution in [0.3, 0.4) is 0 Å². The van der Waals surface area contributed by atoms with Gasteiger partial charge in [-0.3, -0.25) is 15.0 Å². The highest BCUT2D eigenvalue weighted by atomic mass is 32.2. The van der Waals surface area contributed by atoms with Crippen molar-refractivity contribution in [3.05, 3.63) is 69.7 Å². The van der Waals surface area contributed by atoms with Gasteiger partial charge in [-0.1, -0.05) is 30.3 Å². The van der Waals surface area contributed by atoms with Crippen LogP contribution in [0.4, 0.5) is 5.69 Å². The molecule has 168 valence electrons. The first kappa shape index (κ1) is 22.3. The molecule has 1 aliphatic heterocycles. The Labute approximate surface area is 190 Å². The molecule has 32 heavy (non-hydrogen) atoms. The molecule has 0 aliphatic carbocycles. The first-order valence-corrected chi connectivity index (χ1v) is 12.3. The van der Waals surface area contributed by atoms with Crippen LogP contribution in [0.25, 0.3) is 10.6 Å². The number of rotatable bonds is 7. The fourth-order valence-electron chi connectivity index (χ4n) is 3.57. The Kier molecular flexibility index (Phi) is 6.51. The van der Waals surface area contributed by atoms with E-state index in [1.54, 1.807) is 11.3 Å². The number of nitro benzene ring substituents is 1. The number of aromatic nitrogens is 1. The van der Waals surface area contributed by atoms with Gasteiger partial charge in [0.1, 0.15) is 5.01 Å². The van der Waals surface area contributed by atoms with Crippen LogP contribution >= 0.6 is 11.3 Å². The summed E-state index contributed by atoms with van der Waals surface area (Å²) in [5.74, 6) is 0.0249. The Morgan fingerprint density at radius 2 is 1.84 bits per heavy atom. The Morgan fingerprint density at radius 1 is 1.12 bits per heavy atom. The van der Waals surface area contributed by atoms with Gasteiger partial charge in [-0.25, -0.2) is 13.4 Å². The highest BCUT2D eigenvalue weighted by Crippen LogP contribution is 2.31. The van der Waals surface area contributed by atoms with Crippen molar-refractivity contribution in [1.29, 1.82) is 0 Å². The molecular formula is C21H22N4O5S2. The summed E-state index contributed by atoms with van der Waals surface area (Å²) in [6, 6.07) is 13.7. The number of hydrogen-bond acceptors (Lipinski definition) is 8. The largest absolute Gasteiger partial charge is 0.490 e. The number of ether oxygens (including phenoxy) is 1. The molecule has 11 heteroatoms. The average Bonchev–Trinajstić information content (AvgIpc) is 3.28. The van der Waals surface area contributed by atoms with Gasteiger partial charge in [-0.05, 0) is 12.1 Å². The number of piperazine rings is 1. The van der Waals surface area contributed by atoms with Crippen LogP contribution < -0.4 is 4.74 Å². The van der Waals surface area contributed by atoms with Crippen molar-refractivity contribution in [2.24, 2.45) is 0 Å². The van der Waals surface area contributed by atoms with Crippen LogP contribution in [0, 0.1) is 10.1 Å². The average molecular weight is 475 g/mol. The molecule has 0 spiro atoms. The van der Waals surface area contributed by atoms with E-state index in [2.05, 4.69) is 4.90 Å². The van der Waals surface area contributed by atoms with E-state index in [1.807, 2.05) is 35.7 Å². The predicted molar refractivity (Wildman–Crippen MR) is 121 cm³/mol. The maximum atomic E-state index is 13.0. The summed E-state index contributed by atoms with van der Waals surface area (Å²) in [6.45, 7) is 2.35. The molecule has 2 aromatic carbocycles. The minimum absolute atomic E-state index is 0.0249. The maximum Gasteiger partial charge on any atom is 0.312 e. The quantitative estimate of drug-likeness (QED) is 0.382. The van der Waals surface area contributed by atoms with Crippen molar-refractivity contribution in [2.45, 2.75) is 11.4 Å². The topological polar surface area (TPSA) is 106 Å². The van der Waals surface area contributed by atoms with Crippen molar-refractivity contribution in [2.75, 3.05) is 33.3 Å². The molecule has 2 heterocycles. The van der Waals surface area contributed by atoms with Crippen LogP contribution in [0.1, 0.15) is 5.69 Å². The van der Waals surface area contributed by atoms with E-state index >= 15 is 0 Å². The SMILES string of the molecule is COc1ccc(S(=O)(=O)N2CCN(Cc3csc(-c4ccccc4)n3)CC2)cc1[N+](=O)[O-]. The molecule has 0 unspecified atom stereocenters. The summed E-state index contributed by atoms with van der Waals surface area (Å²) in [5, 5.41) is 14.2. The number of methoxy groups -OCH3 is 1. The lowest BCUT2D eigenvalue weighted by Gasteiger charge is -2.33. The zero-order valence-electron chi connectivity index (χ0n) is 17.4. The summed E-state index contributed by atoms with van der Waals surface area (Å²) in [6.07, 6.45) is 0. The minimum Gasteiger partial charge on any atom is -0.490 e. The zero-order valence-corrected chi connectivity index (χ0v) is 19.0. The summed E-state index contributed by atoms with van der Waals surface area (Å²) in [7, 11) is -2.53. The minimum atomic E-state index is -3.84. The lowest BCUT2D eigenvalue weighted by atomic mass is 10.2. The summed E-state index contributed by atoms with van der Waals surface area (Å²) in [4.78, 5) is 17.4. The van der Waals surface area contributed by atoms with Crippen molar-refractivity contribution >= 4 is 27.0 Å². The predicted octanol–water partition coefficient (Wildman–Crippen LogP) is 3.23. The van der Waals surface area contributed by atoms with Crippen molar-refractivity contribution in [3.63, 3.8) is 0 Å². The van der Waals surface area contributed by atoms with Crippen LogP contribution in [0.5, 0.6) is 5.75 Å². The number of sulfonamides is 1. The van der Waals surface area contributed by atoms with Gasteiger partial charge in [0.2, 0.25) is 10.0 Å². The second-order valence-electron chi connectivity index (χ2n) is 7.28. The highest BCUT2D eigenvalue weighted by Gasteiger charge is 2.30. The molecule has 0 N–H and O–H groups in total. The summed E-state index contributed by atoms with van der Waals surface area (Å²) >= 11 is 1.59. The fourth-order valence-corrected chi connectivity index (χ4v) is 5.83. The van der Waals surface area contributed by atoms with Gasteiger partial charge in [0, 0.05) is 49.7 Å². The Hall–Kier alpha value is -2.86. The third-order valence-corrected chi connectivity index (χ3v) is 8.11. The van der Waals surface area contributed by atoms with E-state index in [0.29, 0.717) is 32.7 Å². The van der Waals surface area contributed by atoms with E-state index < -0.39 is 14.9 Å². The molecule has 1 aliphatic rings. The van der Waals surface area contributed by atoms with Crippen molar-refractivity contribution in [3.8, 4) is 16.3 Å². The summed E-state index contributed by atoms with van der Waals surface area (Å²) in [5.41, 5.74) is 1.66. The van der Waals surface area contributed by atoms with E-state index in [4.69, 9.17) is 9.72 Å². The third-order valence-electron chi connectivity index (χ3n) is 5.27. The zero-order chi connectivity index (χ0) is 22.7. The molecule has 1 fully saturated rings. The van der Waals surface area contributed by atoms with Crippen LogP contribution in [-0.4, -0.2) is 60.8 Å². The van der Waals surface area contributed by atoms with Gasteiger partial charge >= 0.3 is 5.69 Å². The van der Waals surface area contributed by atoms with Gasteiger partial charge in [0.25, 0.3) is 0 Å². The molecule has 1 aromatic heterocycles. The summed E-state index contributed by atoms with van der Waals surface area (Å²) < 4.78 is 32.4. The van der Waals surface area contributed by atoms with Gasteiger partial charge in [-0.15, -0.1) is 11.3 Å². The van der Waals surface area contributed by atoms with E-state index in [9.17, 15) is 18.5 Å². The lowest BCUT2D eigenvalue weighted by Crippen LogP contribution is -2.48. The molecule has 1 saturated heterocycles. The maximum absolute atomic E-state index is 13.0. The second-order valence-corrected chi connectivity index (χ2v) is 10.1. The van der Waals surface area contributed by atoms with Crippen LogP contribution in [-0.2, 0) is 16.6 Å². The Balaban J connectivity index is 1.41. The number of benzene rings is 2. The van der Waals surface area contributed by atoms with Crippen molar-refractivity contribution in [1.82, 2.24) is 14.2 Å². The fraction of sp³-hybridized carbons (Fsp3) is 0.286. The van der Waals surface area contributed by atoms with Crippen molar-refractivity contribution < 1.29 is 18.1 Å². The molecular weight excluding hydrogens is 452 g/mol. The smallest absolute Gasteiger partial charge is 0.312 e. The molecule has 0 amide bonds. The molecule has 0 atom stereocenters. The number of thiazole rings is 1. The number of hydrogen-bond donors (Lipinski definition) is 0. The van der Waals surface area contributed by atoms with E-state index in [1.165, 1.54) is 23.5 Å².